The van der Waals surface area contributed by atoms with Gasteiger partial charge in [-0.2, -0.15) is 0 Å². The van der Waals surface area contributed by atoms with Crippen LogP contribution in [0.3, 0.4) is 0 Å². The summed E-state index contributed by atoms with van der Waals surface area (Å²) in [6.45, 7) is 3.93. The van der Waals surface area contributed by atoms with E-state index in [0.717, 1.165) is 30.9 Å². The summed E-state index contributed by atoms with van der Waals surface area (Å²) < 4.78 is 21.8. The van der Waals surface area contributed by atoms with E-state index in [-0.39, 0.29) is 18.8 Å². The number of benzene rings is 2. The highest BCUT2D eigenvalue weighted by Gasteiger charge is 2.18. The van der Waals surface area contributed by atoms with Gasteiger partial charge in [-0.1, -0.05) is 0 Å². The second-order valence-corrected chi connectivity index (χ2v) is 6.93. The van der Waals surface area contributed by atoms with Crippen LogP contribution in [0.5, 0.6) is 17.2 Å². The highest BCUT2D eigenvalue weighted by atomic mass is 16.7. The molecular weight excluding hydrogens is 386 g/mol. The van der Waals surface area contributed by atoms with Crippen LogP contribution >= 0.6 is 0 Å². The Labute approximate surface area is 175 Å². The maximum absolute atomic E-state index is 12.8. The molecule has 0 spiro atoms. The van der Waals surface area contributed by atoms with Gasteiger partial charge >= 0.3 is 0 Å². The number of hydrogen-bond acceptors (Lipinski definition) is 6. The third-order valence-electron chi connectivity index (χ3n) is 4.77. The van der Waals surface area contributed by atoms with E-state index >= 15 is 0 Å². The molecule has 0 saturated carbocycles. The van der Waals surface area contributed by atoms with E-state index < -0.39 is 0 Å². The number of carbonyl (C=O) groups is 1. The van der Waals surface area contributed by atoms with Crippen LogP contribution in [0.15, 0.2) is 47.5 Å². The molecule has 1 fully saturated rings. The summed E-state index contributed by atoms with van der Waals surface area (Å²) in [7, 11) is 0. The highest BCUT2D eigenvalue weighted by molar-refractivity contribution is 6.10. The SMILES string of the molecule is CCOc1ccc(NC(=NCC2CCCO2)NC(=O)c2ccc3c(c2)OCO3)cc1. The van der Waals surface area contributed by atoms with Crippen LogP contribution in [0, 0.1) is 0 Å². The second kappa shape index (κ2) is 9.49. The number of guanidine groups is 1. The van der Waals surface area contributed by atoms with Crippen molar-refractivity contribution in [2.45, 2.75) is 25.9 Å². The molecule has 0 aliphatic carbocycles. The molecule has 4 rings (SSSR count). The first-order valence-corrected chi connectivity index (χ1v) is 10.1. The van der Waals surface area contributed by atoms with Crippen molar-refractivity contribution in [2.75, 3.05) is 31.9 Å². The zero-order valence-corrected chi connectivity index (χ0v) is 16.8. The maximum Gasteiger partial charge on any atom is 0.258 e. The minimum atomic E-state index is -0.294. The van der Waals surface area contributed by atoms with Crippen LogP contribution in [-0.2, 0) is 4.74 Å². The molecular formula is C22H25N3O5. The lowest BCUT2D eigenvalue weighted by atomic mass is 10.2. The summed E-state index contributed by atoms with van der Waals surface area (Å²) >= 11 is 0. The first-order valence-electron chi connectivity index (χ1n) is 10.1. The molecule has 1 amide bonds. The third kappa shape index (κ3) is 5.01. The monoisotopic (exact) mass is 411 g/mol. The average Bonchev–Trinajstić information content (AvgIpc) is 3.45. The highest BCUT2D eigenvalue weighted by Crippen LogP contribution is 2.32. The summed E-state index contributed by atoms with van der Waals surface area (Å²) in [5, 5.41) is 6.03. The largest absolute Gasteiger partial charge is 0.494 e. The third-order valence-corrected chi connectivity index (χ3v) is 4.77. The van der Waals surface area contributed by atoms with Crippen molar-refractivity contribution >= 4 is 17.6 Å². The van der Waals surface area contributed by atoms with Crippen LogP contribution < -0.4 is 24.8 Å². The molecule has 2 heterocycles. The Kier molecular flexibility index (Phi) is 6.34. The topological polar surface area (TPSA) is 90.4 Å². The summed E-state index contributed by atoms with van der Waals surface area (Å²) in [5.41, 5.74) is 1.24. The Morgan fingerprint density at radius 3 is 2.77 bits per heavy atom. The Hall–Kier alpha value is -3.26. The van der Waals surface area contributed by atoms with Crippen molar-refractivity contribution in [3.05, 3.63) is 48.0 Å². The normalized spacial score (nSPS) is 17.6. The molecule has 2 N–H and O–H groups in total. The zero-order chi connectivity index (χ0) is 20.8. The van der Waals surface area contributed by atoms with E-state index in [1.807, 2.05) is 31.2 Å². The number of rotatable bonds is 6. The Morgan fingerprint density at radius 2 is 2.00 bits per heavy atom. The molecule has 0 radical (unpaired) electrons. The van der Waals surface area contributed by atoms with Gasteiger partial charge in [0.15, 0.2) is 11.5 Å². The number of nitrogens with zero attached hydrogens (tertiary/aromatic N) is 1. The van der Waals surface area contributed by atoms with Crippen molar-refractivity contribution < 1.29 is 23.7 Å². The van der Waals surface area contributed by atoms with E-state index in [1.165, 1.54) is 0 Å². The Balaban J connectivity index is 1.47. The minimum absolute atomic E-state index is 0.0737. The van der Waals surface area contributed by atoms with Crippen LogP contribution in [0.2, 0.25) is 0 Å². The second-order valence-electron chi connectivity index (χ2n) is 6.93. The molecule has 8 heteroatoms. The van der Waals surface area contributed by atoms with Crippen LogP contribution in [0.25, 0.3) is 0 Å². The molecule has 30 heavy (non-hydrogen) atoms. The number of fused-ring (bicyclic) bond motifs is 1. The van der Waals surface area contributed by atoms with E-state index in [4.69, 9.17) is 18.9 Å². The number of nitrogens with one attached hydrogen (secondary N) is 2. The molecule has 1 unspecified atom stereocenters. The van der Waals surface area contributed by atoms with Gasteiger partial charge in [-0.25, -0.2) is 4.99 Å². The molecule has 2 aliphatic heterocycles. The minimum Gasteiger partial charge on any atom is -0.494 e. The van der Waals surface area contributed by atoms with Crippen LogP contribution in [-0.4, -0.2) is 44.5 Å². The molecule has 2 aromatic carbocycles. The van der Waals surface area contributed by atoms with Gasteiger partial charge in [0.1, 0.15) is 5.75 Å². The number of anilines is 1. The van der Waals surface area contributed by atoms with Gasteiger partial charge in [-0.05, 0) is 62.2 Å². The lowest BCUT2D eigenvalue weighted by Crippen LogP contribution is -2.36. The summed E-state index contributed by atoms with van der Waals surface area (Å²) in [5.74, 6) is 2.03. The van der Waals surface area contributed by atoms with Gasteiger partial charge in [0, 0.05) is 17.9 Å². The first kappa shape index (κ1) is 20.0. The van der Waals surface area contributed by atoms with Crippen LogP contribution in [0.4, 0.5) is 5.69 Å². The molecule has 1 atom stereocenters. The zero-order valence-electron chi connectivity index (χ0n) is 16.8. The molecule has 1 saturated heterocycles. The summed E-state index contributed by atoms with van der Waals surface area (Å²) in [6.07, 6.45) is 2.08. The average molecular weight is 411 g/mol. The Morgan fingerprint density at radius 1 is 1.17 bits per heavy atom. The van der Waals surface area contributed by atoms with E-state index in [2.05, 4.69) is 15.6 Å². The van der Waals surface area contributed by atoms with E-state index in [0.29, 0.717) is 36.2 Å². The molecule has 0 bridgehead atoms. The fourth-order valence-electron chi connectivity index (χ4n) is 3.25. The first-order chi connectivity index (χ1) is 14.7. The number of amides is 1. The van der Waals surface area contributed by atoms with Crippen molar-refractivity contribution in [2.24, 2.45) is 4.99 Å². The van der Waals surface area contributed by atoms with E-state index in [9.17, 15) is 4.79 Å². The standard InChI is InChI=1S/C22H25N3O5/c1-2-27-17-8-6-16(7-9-17)24-22(23-13-18-4-3-11-28-18)25-21(26)15-5-10-19-20(12-15)30-14-29-19/h5-10,12,18H,2-4,11,13-14H2,1H3,(H2,23,24,25,26). The quantitative estimate of drug-likeness (QED) is 0.561. The molecule has 8 nitrogen and oxygen atoms in total. The fourth-order valence-corrected chi connectivity index (χ4v) is 3.25. The van der Waals surface area contributed by atoms with Crippen molar-refractivity contribution in [1.29, 1.82) is 0 Å². The molecule has 2 aromatic rings. The molecule has 158 valence electrons. The predicted molar refractivity (Wildman–Crippen MR) is 113 cm³/mol. The fraction of sp³-hybridized carbons (Fsp3) is 0.364. The molecule has 0 aromatic heterocycles. The molecule has 2 aliphatic rings. The number of carbonyl (C=O) groups excluding carboxylic acids is 1. The number of aliphatic imine (C=N–C) groups is 1. The van der Waals surface area contributed by atoms with Crippen molar-refractivity contribution in [3.8, 4) is 17.2 Å². The van der Waals surface area contributed by atoms with Gasteiger partial charge < -0.3 is 24.3 Å². The van der Waals surface area contributed by atoms with Gasteiger partial charge in [0.2, 0.25) is 12.8 Å². The van der Waals surface area contributed by atoms with Crippen LogP contribution in [0.1, 0.15) is 30.1 Å². The summed E-state index contributed by atoms with van der Waals surface area (Å²) in [4.78, 5) is 17.4. The summed E-state index contributed by atoms with van der Waals surface area (Å²) in [6, 6.07) is 12.6. The van der Waals surface area contributed by atoms with Gasteiger partial charge in [-0.15, -0.1) is 0 Å². The Bertz CT molecular complexity index is 907. The number of hydrogen-bond donors (Lipinski definition) is 2. The van der Waals surface area contributed by atoms with Gasteiger partial charge in [0.25, 0.3) is 5.91 Å². The smallest absolute Gasteiger partial charge is 0.258 e. The maximum atomic E-state index is 12.8. The lowest BCUT2D eigenvalue weighted by molar-refractivity contribution is 0.0975. The van der Waals surface area contributed by atoms with Crippen molar-refractivity contribution in [1.82, 2.24) is 5.32 Å². The van der Waals surface area contributed by atoms with Gasteiger partial charge in [0.05, 0.1) is 19.3 Å². The number of ether oxygens (including phenoxy) is 4. The van der Waals surface area contributed by atoms with Crippen molar-refractivity contribution in [3.63, 3.8) is 0 Å². The lowest BCUT2D eigenvalue weighted by Gasteiger charge is -2.14. The predicted octanol–water partition coefficient (Wildman–Crippen LogP) is 3.19. The van der Waals surface area contributed by atoms with E-state index in [1.54, 1.807) is 18.2 Å². The van der Waals surface area contributed by atoms with Gasteiger partial charge in [-0.3, -0.25) is 10.1 Å².